The second kappa shape index (κ2) is 8.84. The molecule has 0 bridgehead atoms. The van der Waals surface area contributed by atoms with Crippen LogP contribution in [-0.4, -0.2) is 37.9 Å². The van der Waals surface area contributed by atoms with Crippen molar-refractivity contribution in [3.05, 3.63) is 41.8 Å². The van der Waals surface area contributed by atoms with E-state index in [-0.39, 0.29) is 4.90 Å². The van der Waals surface area contributed by atoms with Gasteiger partial charge in [-0.3, -0.25) is 0 Å². The lowest BCUT2D eigenvalue weighted by Crippen LogP contribution is -2.33. The number of carbonyl (C=O) groups excluding carboxylic acids is 1. The molecule has 1 aromatic rings. The molecule has 0 fully saturated rings. The van der Waals surface area contributed by atoms with Gasteiger partial charge in [0.25, 0.3) is 0 Å². The van der Waals surface area contributed by atoms with Gasteiger partial charge in [-0.15, -0.1) is 0 Å². The molecule has 1 aromatic carbocycles. The highest BCUT2D eigenvalue weighted by atomic mass is 32.2. The number of rotatable bonds is 7. The molecule has 24 heavy (non-hydrogen) atoms. The van der Waals surface area contributed by atoms with E-state index >= 15 is 0 Å². The third-order valence-corrected chi connectivity index (χ3v) is 4.34. The van der Waals surface area contributed by atoms with Gasteiger partial charge in [-0.25, -0.2) is 13.2 Å². The number of sulfone groups is 1. The van der Waals surface area contributed by atoms with Gasteiger partial charge in [0, 0.05) is 12.0 Å². The summed E-state index contributed by atoms with van der Waals surface area (Å²) in [6.07, 6.45) is 0.658. The number of hydrogen-bond acceptors (Lipinski definition) is 5. The van der Waals surface area contributed by atoms with Gasteiger partial charge in [0.15, 0.2) is 9.84 Å². The SMILES string of the molecule is CC(C)(C)OC(=O)NCCC[C@H](O)/C=C/S(=O)(=O)c1ccccc1. The van der Waals surface area contributed by atoms with Gasteiger partial charge < -0.3 is 15.2 Å². The Bertz CT molecular complexity index is 647. The molecular formula is C17H25NO5S. The molecule has 0 saturated heterocycles. The third-order valence-electron chi connectivity index (χ3n) is 2.90. The van der Waals surface area contributed by atoms with Crippen LogP contribution in [0, 0.1) is 0 Å². The predicted molar refractivity (Wildman–Crippen MR) is 92.2 cm³/mol. The zero-order valence-corrected chi connectivity index (χ0v) is 15.0. The zero-order chi connectivity index (χ0) is 18.2. The van der Waals surface area contributed by atoms with Crippen molar-refractivity contribution < 1.29 is 23.1 Å². The quantitative estimate of drug-likeness (QED) is 0.734. The Balaban J connectivity index is 2.36. The van der Waals surface area contributed by atoms with Gasteiger partial charge in [0.1, 0.15) is 5.60 Å². The van der Waals surface area contributed by atoms with Crippen LogP contribution in [0.4, 0.5) is 4.79 Å². The second-order valence-corrected chi connectivity index (χ2v) is 8.16. The number of aliphatic hydroxyl groups excluding tert-OH is 1. The summed E-state index contributed by atoms with van der Waals surface area (Å²) in [6, 6.07) is 8.00. The summed E-state index contributed by atoms with van der Waals surface area (Å²) in [7, 11) is -3.55. The van der Waals surface area contributed by atoms with Crippen LogP contribution in [0.2, 0.25) is 0 Å². The smallest absolute Gasteiger partial charge is 0.407 e. The molecule has 0 aliphatic heterocycles. The Kier molecular flexibility index (Phi) is 7.44. The van der Waals surface area contributed by atoms with Crippen LogP contribution < -0.4 is 5.32 Å². The normalized spacial score (nSPS) is 13.7. The summed E-state index contributed by atoms with van der Waals surface area (Å²) in [5.41, 5.74) is -0.557. The maximum absolute atomic E-state index is 12.0. The third kappa shape index (κ3) is 8.12. The first kappa shape index (κ1) is 20.2. The lowest BCUT2D eigenvalue weighted by molar-refractivity contribution is 0.0525. The van der Waals surface area contributed by atoms with Crippen molar-refractivity contribution in [2.75, 3.05) is 6.54 Å². The Morgan fingerprint density at radius 1 is 1.29 bits per heavy atom. The molecule has 1 amide bonds. The van der Waals surface area contributed by atoms with Gasteiger partial charge in [-0.2, -0.15) is 0 Å². The van der Waals surface area contributed by atoms with Crippen molar-refractivity contribution in [1.29, 1.82) is 0 Å². The van der Waals surface area contributed by atoms with Crippen molar-refractivity contribution in [2.24, 2.45) is 0 Å². The molecule has 0 aromatic heterocycles. The van der Waals surface area contributed by atoms with E-state index in [1.165, 1.54) is 18.2 Å². The van der Waals surface area contributed by atoms with Crippen LogP contribution in [0.3, 0.4) is 0 Å². The highest BCUT2D eigenvalue weighted by Gasteiger charge is 2.15. The molecule has 0 aliphatic carbocycles. The summed E-state index contributed by atoms with van der Waals surface area (Å²) < 4.78 is 29.1. The van der Waals surface area contributed by atoms with E-state index in [1.807, 2.05) is 0 Å². The molecule has 0 spiro atoms. The van der Waals surface area contributed by atoms with Crippen molar-refractivity contribution in [1.82, 2.24) is 5.32 Å². The van der Waals surface area contributed by atoms with Crippen LogP contribution >= 0.6 is 0 Å². The first-order chi connectivity index (χ1) is 11.1. The summed E-state index contributed by atoms with van der Waals surface area (Å²) in [5, 5.41) is 13.4. The molecule has 0 radical (unpaired) electrons. The van der Waals surface area contributed by atoms with E-state index in [1.54, 1.807) is 39.0 Å². The lowest BCUT2D eigenvalue weighted by Gasteiger charge is -2.19. The number of aliphatic hydroxyl groups is 1. The summed E-state index contributed by atoms with van der Waals surface area (Å²) in [4.78, 5) is 11.6. The van der Waals surface area contributed by atoms with Crippen molar-refractivity contribution in [3.63, 3.8) is 0 Å². The Morgan fingerprint density at radius 2 is 1.92 bits per heavy atom. The van der Waals surface area contributed by atoms with Gasteiger partial charge in [-0.1, -0.05) is 18.2 Å². The monoisotopic (exact) mass is 355 g/mol. The van der Waals surface area contributed by atoms with Gasteiger partial charge in [0.05, 0.1) is 11.0 Å². The molecule has 0 unspecified atom stereocenters. The average Bonchev–Trinajstić information content (AvgIpc) is 2.49. The van der Waals surface area contributed by atoms with E-state index < -0.39 is 27.6 Å². The zero-order valence-electron chi connectivity index (χ0n) is 14.2. The highest BCUT2D eigenvalue weighted by molar-refractivity contribution is 7.94. The topological polar surface area (TPSA) is 92.7 Å². The molecule has 2 N–H and O–H groups in total. The number of amides is 1. The number of carbonyl (C=O) groups is 1. The number of benzene rings is 1. The number of ether oxygens (including phenoxy) is 1. The minimum absolute atomic E-state index is 0.181. The lowest BCUT2D eigenvalue weighted by atomic mass is 10.2. The maximum Gasteiger partial charge on any atom is 0.407 e. The summed E-state index contributed by atoms with van der Waals surface area (Å²) in [6.45, 7) is 5.65. The van der Waals surface area contributed by atoms with Crippen LogP contribution in [-0.2, 0) is 14.6 Å². The molecule has 0 saturated carbocycles. The van der Waals surface area contributed by atoms with Crippen LogP contribution in [0.25, 0.3) is 0 Å². The second-order valence-electron chi connectivity index (χ2n) is 6.32. The van der Waals surface area contributed by atoms with E-state index in [9.17, 15) is 18.3 Å². The molecule has 1 atom stereocenters. The average molecular weight is 355 g/mol. The van der Waals surface area contributed by atoms with Crippen molar-refractivity contribution >= 4 is 15.9 Å². The minimum Gasteiger partial charge on any atom is -0.444 e. The fourth-order valence-corrected chi connectivity index (χ4v) is 2.88. The van der Waals surface area contributed by atoms with Gasteiger partial charge in [0.2, 0.25) is 0 Å². The number of nitrogens with one attached hydrogen (secondary N) is 1. The van der Waals surface area contributed by atoms with Crippen molar-refractivity contribution in [2.45, 2.75) is 50.2 Å². The van der Waals surface area contributed by atoms with E-state index in [4.69, 9.17) is 4.74 Å². The largest absolute Gasteiger partial charge is 0.444 e. The summed E-state index contributed by atoms with van der Waals surface area (Å²) in [5.74, 6) is 0. The Labute approximate surface area is 143 Å². The molecule has 0 heterocycles. The molecule has 7 heteroatoms. The first-order valence-corrected chi connectivity index (χ1v) is 9.28. The minimum atomic E-state index is -3.55. The fraction of sp³-hybridized carbons (Fsp3) is 0.471. The Morgan fingerprint density at radius 3 is 2.50 bits per heavy atom. The first-order valence-electron chi connectivity index (χ1n) is 7.73. The molecule has 6 nitrogen and oxygen atoms in total. The van der Waals surface area contributed by atoms with Gasteiger partial charge >= 0.3 is 6.09 Å². The maximum atomic E-state index is 12.0. The van der Waals surface area contributed by atoms with Gasteiger partial charge in [-0.05, 0) is 51.8 Å². The van der Waals surface area contributed by atoms with Crippen LogP contribution in [0.15, 0.2) is 46.7 Å². The number of alkyl carbamates (subject to hydrolysis) is 1. The predicted octanol–water partition coefficient (Wildman–Crippen LogP) is 2.64. The molecule has 0 aliphatic rings. The Hall–Kier alpha value is -1.86. The fourth-order valence-electron chi connectivity index (χ4n) is 1.79. The van der Waals surface area contributed by atoms with E-state index in [2.05, 4.69) is 5.32 Å². The molecule has 1 rings (SSSR count). The van der Waals surface area contributed by atoms with Crippen LogP contribution in [0.1, 0.15) is 33.6 Å². The molecular weight excluding hydrogens is 330 g/mol. The van der Waals surface area contributed by atoms with Crippen LogP contribution in [0.5, 0.6) is 0 Å². The standard InChI is InChI=1S/C17H25NO5S/c1-17(2,3)23-16(20)18-12-7-8-14(19)11-13-24(21,22)15-9-5-4-6-10-15/h4-6,9-11,13-14,19H,7-8,12H2,1-3H3,(H,18,20)/b13-11+/t14-/m0/s1. The van der Waals surface area contributed by atoms with E-state index in [0.29, 0.717) is 19.4 Å². The molecule has 134 valence electrons. The van der Waals surface area contributed by atoms with E-state index in [0.717, 1.165) is 5.41 Å². The highest BCUT2D eigenvalue weighted by Crippen LogP contribution is 2.12. The number of hydrogen-bond donors (Lipinski definition) is 2. The summed E-state index contributed by atoms with van der Waals surface area (Å²) >= 11 is 0. The van der Waals surface area contributed by atoms with Crippen molar-refractivity contribution in [3.8, 4) is 0 Å².